The SMILES string of the molecule is O=C1CCN(c2cn[nH]c2)C(=O)N1C1CCOC1. The number of imide groups is 1. The van der Waals surface area contributed by atoms with Crippen LogP contribution in [0.25, 0.3) is 0 Å². The van der Waals surface area contributed by atoms with Gasteiger partial charge in [0.15, 0.2) is 0 Å². The van der Waals surface area contributed by atoms with Crippen LogP contribution >= 0.6 is 0 Å². The Bertz CT molecular complexity index is 453. The van der Waals surface area contributed by atoms with Gasteiger partial charge in [-0.25, -0.2) is 4.79 Å². The Hall–Kier alpha value is -1.89. The van der Waals surface area contributed by atoms with Crippen LogP contribution in [0.3, 0.4) is 0 Å². The van der Waals surface area contributed by atoms with Gasteiger partial charge >= 0.3 is 6.03 Å². The van der Waals surface area contributed by atoms with E-state index in [9.17, 15) is 9.59 Å². The van der Waals surface area contributed by atoms with Gasteiger partial charge in [0.25, 0.3) is 0 Å². The molecule has 1 N–H and O–H groups in total. The first-order chi connectivity index (χ1) is 8.77. The molecule has 1 unspecified atom stereocenters. The van der Waals surface area contributed by atoms with Crippen LogP contribution in [-0.2, 0) is 9.53 Å². The van der Waals surface area contributed by atoms with Crippen LogP contribution in [0.2, 0.25) is 0 Å². The minimum absolute atomic E-state index is 0.116. The Labute approximate surface area is 104 Å². The molecule has 0 radical (unpaired) electrons. The van der Waals surface area contributed by atoms with Crippen molar-refractivity contribution in [2.75, 3.05) is 24.7 Å². The molecule has 0 aromatic carbocycles. The van der Waals surface area contributed by atoms with Crippen molar-refractivity contribution < 1.29 is 14.3 Å². The molecule has 1 atom stereocenters. The molecule has 18 heavy (non-hydrogen) atoms. The number of nitrogens with zero attached hydrogens (tertiary/aromatic N) is 3. The number of H-pyrrole nitrogens is 1. The van der Waals surface area contributed by atoms with Crippen molar-refractivity contribution in [1.29, 1.82) is 0 Å². The summed E-state index contributed by atoms with van der Waals surface area (Å²) in [7, 11) is 0. The number of carbonyl (C=O) groups is 2. The van der Waals surface area contributed by atoms with E-state index in [2.05, 4.69) is 10.2 Å². The third-order valence-electron chi connectivity index (χ3n) is 3.32. The number of carbonyl (C=O) groups excluding carboxylic acids is 2. The highest BCUT2D eigenvalue weighted by atomic mass is 16.5. The normalized spacial score (nSPS) is 25.0. The molecule has 2 saturated heterocycles. The van der Waals surface area contributed by atoms with E-state index in [1.54, 1.807) is 17.3 Å². The fourth-order valence-corrected chi connectivity index (χ4v) is 2.38. The lowest BCUT2D eigenvalue weighted by Gasteiger charge is -2.36. The molecule has 0 bridgehead atoms. The number of hydrogen-bond acceptors (Lipinski definition) is 4. The topological polar surface area (TPSA) is 78.5 Å². The molecule has 2 aliphatic rings. The van der Waals surface area contributed by atoms with E-state index in [1.807, 2.05) is 0 Å². The Morgan fingerprint density at radius 2 is 2.33 bits per heavy atom. The van der Waals surface area contributed by atoms with Crippen molar-refractivity contribution >= 4 is 17.6 Å². The molecule has 96 valence electrons. The van der Waals surface area contributed by atoms with Gasteiger partial charge in [0.05, 0.1) is 24.5 Å². The highest BCUT2D eigenvalue weighted by Crippen LogP contribution is 2.23. The van der Waals surface area contributed by atoms with Gasteiger partial charge in [-0.3, -0.25) is 19.7 Å². The summed E-state index contributed by atoms with van der Waals surface area (Å²) >= 11 is 0. The first-order valence-corrected chi connectivity index (χ1v) is 5.97. The fourth-order valence-electron chi connectivity index (χ4n) is 2.38. The predicted octanol–water partition coefficient (Wildman–Crippen LogP) is 0.357. The van der Waals surface area contributed by atoms with Crippen molar-refractivity contribution in [3.63, 3.8) is 0 Å². The van der Waals surface area contributed by atoms with Gasteiger partial charge in [-0.2, -0.15) is 5.10 Å². The van der Waals surface area contributed by atoms with Gasteiger partial charge in [-0.05, 0) is 6.42 Å². The Balaban J connectivity index is 1.84. The summed E-state index contributed by atoms with van der Waals surface area (Å²) in [6.45, 7) is 1.45. The van der Waals surface area contributed by atoms with Crippen molar-refractivity contribution in [3.8, 4) is 0 Å². The maximum absolute atomic E-state index is 12.4. The first kappa shape index (κ1) is 11.2. The lowest BCUT2D eigenvalue weighted by atomic mass is 10.1. The maximum Gasteiger partial charge on any atom is 0.331 e. The molecule has 7 heteroatoms. The zero-order valence-electron chi connectivity index (χ0n) is 9.83. The van der Waals surface area contributed by atoms with Gasteiger partial charge < -0.3 is 4.74 Å². The number of urea groups is 1. The maximum atomic E-state index is 12.4. The van der Waals surface area contributed by atoms with Crippen LogP contribution in [0.15, 0.2) is 12.4 Å². The molecule has 7 nitrogen and oxygen atoms in total. The van der Waals surface area contributed by atoms with Crippen LogP contribution in [-0.4, -0.2) is 52.8 Å². The molecular weight excluding hydrogens is 236 g/mol. The number of aromatic amines is 1. The zero-order valence-corrected chi connectivity index (χ0v) is 9.83. The third-order valence-corrected chi connectivity index (χ3v) is 3.32. The summed E-state index contributed by atoms with van der Waals surface area (Å²) < 4.78 is 5.25. The number of amides is 3. The average Bonchev–Trinajstić information content (AvgIpc) is 3.01. The molecule has 0 spiro atoms. The van der Waals surface area contributed by atoms with E-state index >= 15 is 0 Å². The summed E-state index contributed by atoms with van der Waals surface area (Å²) in [6.07, 6.45) is 4.29. The minimum atomic E-state index is -0.275. The second-order valence-electron chi connectivity index (χ2n) is 4.42. The average molecular weight is 250 g/mol. The molecular formula is C11H14N4O3. The summed E-state index contributed by atoms with van der Waals surface area (Å²) in [5.41, 5.74) is 0.691. The molecule has 1 aromatic heterocycles. The summed E-state index contributed by atoms with van der Waals surface area (Å²) in [5, 5.41) is 6.50. The van der Waals surface area contributed by atoms with E-state index in [0.717, 1.165) is 6.42 Å². The number of ether oxygens (including phenoxy) is 1. The van der Waals surface area contributed by atoms with Crippen LogP contribution in [0.1, 0.15) is 12.8 Å². The van der Waals surface area contributed by atoms with E-state index in [4.69, 9.17) is 4.74 Å². The van der Waals surface area contributed by atoms with Gasteiger partial charge in [0, 0.05) is 25.8 Å². The fraction of sp³-hybridized carbons (Fsp3) is 0.545. The van der Waals surface area contributed by atoms with Gasteiger partial charge in [0.1, 0.15) is 0 Å². The second kappa shape index (κ2) is 4.41. The molecule has 3 heterocycles. The molecule has 2 fully saturated rings. The molecule has 2 aliphatic heterocycles. The highest BCUT2D eigenvalue weighted by molar-refractivity contribution is 6.05. The monoisotopic (exact) mass is 250 g/mol. The smallest absolute Gasteiger partial charge is 0.331 e. The van der Waals surface area contributed by atoms with Crippen LogP contribution in [0, 0.1) is 0 Å². The zero-order chi connectivity index (χ0) is 12.5. The summed E-state index contributed by atoms with van der Waals surface area (Å²) in [5.74, 6) is -0.116. The molecule has 3 amide bonds. The van der Waals surface area contributed by atoms with Gasteiger partial charge in [-0.1, -0.05) is 0 Å². The van der Waals surface area contributed by atoms with Crippen molar-refractivity contribution in [1.82, 2.24) is 15.1 Å². The predicted molar refractivity (Wildman–Crippen MR) is 62.0 cm³/mol. The summed E-state index contributed by atoms with van der Waals surface area (Å²) in [4.78, 5) is 27.2. The Morgan fingerprint density at radius 1 is 1.44 bits per heavy atom. The van der Waals surface area contributed by atoms with Crippen LogP contribution in [0.5, 0.6) is 0 Å². The highest BCUT2D eigenvalue weighted by Gasteiger charge is 2.39. The van der Waals surface area contributed by atoms with Crippen LogP contribution < -0.4 is 4.90 Å². The number of hydrogen-bond donors (Lipinski definition) is 1. The minimum Gasteiger partial charge on any atom is -0.379 e. The number of aromatic nitrogens is 2. The number of rotatable bonds is 2. The standard InChI is InChI=1S/C11H14N4O3/c16-10-1-3-14(9-5-12-13-6-9)11(17)15(10)8-2-4-18-7-8/h5-6,8H,1-4,7H2,(H,12,13). The number of nitrogens with one attached hydrogen (secondary N) is 1. The Morgan fingerprint density at radius 3 is 3.00 bits per heavy atom. The van der Waals surface area contributed by atoms with Crippen molar-refractivity contribution in [2.24, 2.45) is 0 Å². The molecule has 3 rings (SSSR count). The van der Waals surface area contributed by atoms with Gasteiger partial charge in [-0.15, -0.1) is 0 Å². The quantitative estimate of drug-likeness (QED) is 0.821. The first-order valence-electron chi connectivity index (χ1n) is 5.97. The Kier molecular flexibility index (Phi) is 2.75. The molecule has 0 aliphatic carbocycles. The van der Waals surface area contributed by atoms with Crippen molar-refractivity contribution in [3.05, 3.63) is 12.4 Å². The lowest BCUT2D eigenvalue weighted by Crippen LogP contribution is -2.56. The van der Waals surface area contributed by atoms with Crippen molar-refractivity contribution in [2.45, 2.75) is 18.9 Å². The second-order valence-corrected chi connectivity index (χ2v) is 4.42. The van der Waals surface area contributed by atoms with E-state index in [0.29, 0.717) is 31.9 Å². The molecule has 1 aromatic rings. The third kappa shape index (κ3) is 1.76. The number of anilines is 1. The van der Waals surface area contributed by atoms with Crippen LogP contribution in [0.4, 0.5) is 10.5 Å². The lowest BCUT2D eigenvalue weighted by molar-refractivity contribution is -0.130. The van der Waals surface area contributed by atoms with Gasteiger partial charge in [0.2, 0.25) is 5.91 Å². The van der Waals surface area contributed by atoms with E-state index in [-0.39, 0.29) is 18.0 Å². The van der Waals surface area contributed by atoms with E-state index < -0.39 is 0 Å². The largest absolute Gasteiger partial charge is 0.379 e. The van der Waals surface area contributed by atoms with E-state index in [1.165, 1.54) is 4.90 Å². The molecule has 0 saturated carbocycles. The summed E-state index contributed by atoms with van der Waals surface area (Å²) in [6, 6.07) is -0.400.